The second-order valence-electron chi connectivity index (χ2n) is 9.92. The van der Waals surface area contributed by atoms with Crippen LogP contribution in [0.3, 0.4) is 0 Å². The number of halogens is 2. The number of hydrogen-bond acceptors (Lipinski definition) is 6. The molecule has 10 heteroatoms. The van der Waals surface area contributed by atoms with E-state index < -0.39 is 11.8 Å². The summed E-state index contributed by atoms with van der Waals surface area (Å²) in [7, 11) is 0. The summed E-state index contributed by atoms with van der Waals surface area (Å²) >= 11 is 0. The molecule has 0 aliphatic heterocycles. The Balaban J connectivity index is 1.44. The zero-order chi connectivity index (χ0) is 27.7. The van der Waals surface area contributed by atoms with Crippen molar-refractivity contribution >= 4 is 28.4 Å². The van der Waals surface area contributed by atoms with Crippen LogP contribution in [0.25, 0.3) is 11.0 Å². The molecule has 0 bridgehead atoms. The first kappa shape index (κ1) is 26.3. The van der Waals surface area contributed by atoms with Gasteiger partial charge in [-0.3, -0.25) is 4.79 Å². The molecule has 5 rings (SSSR count). The Morgan fingerprint density at radius 3 is 2.64 bits per heavy atom. The second-order valence-corrected chi connectivity index (χ2v) is 9.92. The number of aromatic nitrogens is 4. The Labute approximate surface area is 224 Å². The summed E-state index contributed by atoms with van der Waals surface area (Å²) < 4.78 is 29.3. The molecule has 1 aliphatic carbocycles. The standard InChI is InChI=1S/C29H28F2N6O2/c1-17-6-8-21(35-28(39)19-4-3-5-20(14-19)29(2,30)31)15-18(17)7-13-24-25-26(32)33-16-34-27(25)37(36-24)22-9-11-23(38)12-10-22/h3-6,8,14-16,22-23,38H,9-12H2,1-2H3,(H,35,39)(H2,32,33,34)/t22-,23-. The highest BCUT2D eigenvalue weighted by molar-refractivity contribution is 6.04. The van der Waals surface area contributed by atoms with Gasteiger partial charge >= 0.3 is 0 Å². The van der Waals surface area contributed by atoms with E-state index in [1.54, 1.807) is 12.1 Å². The average Bonchev–Trinajstić information content (AvgIpc) is 3.29. The highest BCUT2D eigenvalue weighted by Crippen LogP contribution is 2.32. The van der Waals surface area contributed by atoms with Crippen LogP contribution in [0.5, 0.6) is 0 Å². The van der Waals surface area contributed by atoms with Crippen molar-refractivity contribution in [3.8, 4) is 11.8 Å². The molecule has 4 N–H and O–H groups in total. The minimum atomic E-state index is -3.05. The lowest BCUT2D eigenvalue weighted by Crippen LogP contribution is -2.22. The molecule has 2 aromatic carbocycles. The van der Waals surface area contributed by atoms with Crippen molar-refractivity contribution in [3.05, 3.63) is 76.7 Å². The number of aryl methyl sites for hydroxylation is 1. The predicted molar refractivity (Wildman–Crippen MR) is 144 cm³/mol. The van der Waals surface area contributed by atoms with E-state index in [0.29, 0.717) is 40.8 Å². The van der Waals surface area contributed by atoms with Crippen molar-refractivity contribution in [1.29, 1.82) is 0 Å². The maximum atomic E-state index is 13.7. The van der Waals surface area contributed by atoms with Crippen LogP contribution < -0.4 is 11.1 Å². The summed E-state index contributed by atoms with van der Waals surface area (Å²) in [4.78, 5) is 21.3. The molecule has 0 unspecified atom stereocenters. The molecule has 0 atom stereocenters. The number of amides is 1. The lowest BCUT2D eigenvalue weighted by Gasteiger charge is -2.25. The molecule has 0 spiro atoms. The summed E-state index contributed by atoms with van der Waals surface area (Å²) in [5, 5.41) is 18.0. The number of carbonyl (C=O) groups is 1. The molecule has 2 aromatic heterocycles. The Hall–Kier alpha value is -4.36. The van der Waals surface area contributed by atoms with Gasteiger partial charge in [0.05, 0.1) is 17.5 Å². The first-order valence-electron chi connectivity index (χ1n) is 12.7. The van der Waals surface area contributed by atoms with Gasteiger partial charge in [0.15, 0.2) is 5.65 Å². The average molecular weight is 531 g/mol. The van der Waals surface area contributed by atoms with Gasteiger partial charge in [-0.2, -0.15) is 5.10 Å². The normalized spacial score (nSPS) is 17.5. The van der Waals surface area contributed by atoms with Crippen molar-refractivity contribution in [3.63, 3.8) is 0 Å². The Kier molecular flexibility index (Phi) is 7.02. The monoisotopic (exact) mass is 530 g/mol. The van der Waals surface area contributed by atoms with Crippen LogP contribution in [-0.4, -0.2) is 36.9 Å². The molecule has 39 heavy (non-hydrogen) atoms. The quantitative estimate of drug-likeness (QED) is 0.321. The Morgan fingerprint density at radius 1 is 1.13 bits per heavy atom. The van der Waals surface area contributed by atoms with Crippen molar-refractivity contribution < 1.29 is 18.7 Å². The number of benzene rings is 2. The molecule has 0 radical (unpaired) electrons. The van der Waals surface area contributed by atoms with Crippen LogP contribution in [0.15, 0.2) is 48.8 Å². The minimum absolute atomic E-state index is 0.0761. The van der Waals surface area contributed by atoms with Gasteiger partial charge in [-0.05, 0) is 68.4 Å². The van der Waals surface area contributed by atoms with Crippen molar-refractivity contribution in [2.45, 2.75) is 57.6 Å². The van der Waals surface area contributed by atoms with E-state index >= 15 is 0 Å². The number of carbonyl (C=O) groups excluding carboxylic acids is 1. The van der Waals surface area contributed by atoms with Crippen LogP contribution in [0.2, 0.25) is 0 Å². The number of aliphatic hydroxyl groups excluding tert-OH is 1. The predicted octanol–water partition coefficient (Wildman–Crippen LogP) is 4.96. The number of fused-ring (bicyclic) bond motifs is 1. The van der Waals surface area contributed by atoms with Gasteiger partial charge in [0, 0.05) is 29.3 Å². The van der Waals surface area contributed by atoms with Gasteiger partial charge in [-0.1, -0.05) is 24.1 Å². The third-order valence-corrected chi connectivity index (χ3v) is 6.97. The maximum absolute atomic E-state index is 13.7. The Bertz CT molecular complexity index is 1610. The molecule has 4 aromatic rings. The lowest BCUT2D eigenvalue weighted by molar-refractivity contribution is 0.0174. The highest BCUT2D eigenvalue weighted by Gasteiger charge is 2.26. The van der Waals surface area contributed by atoms with Gasteiger partial charge in [-0.15, -0.1) is 0 Å². The van der Waals surface area contributed by atoms with Gasteiger partial charge in [-0.25, -0.2) is 23.4 Å². The van der Waals surface area contributed by atoms with Gasteiger partial charge in [0.1, 0.15) is 17.8 Å². The number of nitrogens with zero attached hydrogens (tertiary/aromatic N) is 4. The smallest absolute Gasteiger partial charge is 0.270 e. The Morgan fingerprint density at radius 2 is 1.90 bits per heavy atom. The lowest BCUT2D eigenvalue weighted by atomic mass is 9.93. The molecule has 1 saturated carbocycles. The fraction of sp³-hybridized carbons (Fsp3) is 0.310. The summed E-state index contributed by atoms with van der Waals surface area (Å²) in [5.74, 6) is 2.96. The molecular formula is C29H28F2N6O2. The van der Waals surface area contributed by atoms with Gasteiger partial charge < -0.3 is 16.2 Å². The topological polar surface area (TPSA) is 119 Å². The second kappa shape index (κ2) is 10.4. The molecule has 8 nitrogen and oxygen atoms in total. The third-order valence-electron chi connectivity index (χ3n) is 6.97. The van der Waals surface area contributed by atoms with Gasteiger partial charge in [0.2, 0.25) is 0 Å². The van der Waals surface area contributed by atoms with Crippen molar-refractivity contribution in [2.24, 2.45) is 0 Å². The van der Waals surface area contributed by atoms with Crippen molar-refractivity contribution in [1.82, 2.24) is 19.7 Å². The van der Waals surface area contributed by atoms with Gasteiger partial charge in [0.25, 0.3) is 11.8 Å². The number of nitrogen functional groups attached to an aromatic ring is 1. The zero-order valence-electron chi connectivity index (χ0n) is 21.6. The van der Waals surface area contributed by atoms with E-state index in [1.165, 1.54) is 30.6 Å². The molecule has 2 heterocycles. The van der Waals surface area contributed by atoms with E-state index in [9.17, 15) is 18.7 Å². The van der Waals surface area contributed by atoms with E-state index in [1.807, 2.05) is 17.7 Å². The fourth-order valence-electron chi connectivity index (χ4n) is 4.74. The number of rotatable bonds is 4. The first-order chi connectivity index (χ1) is 18.6. The zero-order valence-corrected chi connectivity index (χ0v) is 21.6. The molecular weight excluding hydrogens is 502 g/mol. The number of hydrogen-bond donors (Lipinski definition) is 3. The summed E-state index contributed by atoms with van der Waals surface area (Å²) in [6, 6.07) is 10.7. The highest BCUT2D eigenvalue weighted by atomic mass is 19.3. The van der Waals surface area contributed by atoms with E-state index in [2.05, 4.69) is 27.1 Å². The fourth-order valence-corrected chi connectivity index (χ4v) is 4.74. The number of anilines is 2. The van der Waals surface area contributed by atoms with E-state index in [0.717, 1.165) is 25.3 Å². The number of nitrogens with one attached hydrogen (secondary N) is 1. The first-order valence-corrected chi connectivity index (χ1v) is 12.7. The number of alkyl halides is 2. The van der Waals surface area contributed by atoms with Crippen LogP contribution >= 0.6 is 0 Å². The van der Waals surface area contributed by atoms with Crippen LogP contribution in [0.1, 0.15) is 71.4 Å². The summed E-state index contributed by atoms with van der Waals surface area (Å²) in [6.45, 7) is 2.68. The maximum Gasteiger partial charge on any atom is 0.270 e. The molecule has 1 fully saturated rings. The van der Waals surface area contributed by atoms with E-state index in [-0.39, 0.29) is 29.1 Å². The van der Waals surface area contributed by atoms with Crippen molar-refractivity contribution in [2.75, 3.05) is 11.1 Å². The molecule has 0 saturated heterocycles. The van der Waals surface area contributed by atoms with E-state index in [4.69, 9.17) is 10.8 Å². The number of aliphatic hydroxyl groups is 1. The molecule has 1 amide bonds. The largest absolute Gasteiger partial charge is 0.393 e. The summed E-state index contributed by atoms with van der Waals surface area (Å²) in [6.07, 6.45) is 4.03. The van der Waals surface area contributed by atoms with Crippen LogP contribution in [0.4, 0.5) is 20.3 Å². The summed E-state index contributed by atoms with van der Waals surface area (Å²) in [5.41, 5.74) is 9.14. The third kappa shape index (κ3) is 5.59. The van der Waals surface area contributed by atoms with Crippen LogP contribution in [0, 0.1) is 18.8 Å². The minimum Gasteiger partial charge on any atom is -0.393 e. The molecule has 200 valence electrons. The number of nitrogens with two attached hydrogens (primary N) is 1. The SMILES string of the molecule is Cc1ccc(NC(=O)c2cccc(C(C)(F)F)c2)cc1C#Cc1nn([C@H]2CC[C@H](O)CC2)c2ncnc(N)c12. The van der Waals surface area contributed by atoms with Crippen LogP contribution in [-0.2, 0) is 5.92 Å². The molecule has 1 aliphatic rings.